The number of fused-ring (bicyclic) bond motifs is 3. The number of rotatable bonds is 6. The molecule has 2 aliphatic heterocycles. The van der Waals surface area contributed by atoms with Crippen molar-refractivity contribution in [3.05, 3.63) is 34.6 Å². The minimum Gasteiger partial charge on any atom is -0.353 e. The number of nitrogens with zero attached hydrogens (tertiary/aromatic N) is 3. The monoisotopic (exact) mass is 505 g/mol. The number of hydrogen-bond donors (Lipinski definition) is 2. The first kappa shape index (κ1) is 24.3. The lowest BCUT2D eigenvalue weighted by Crippen LogP contribution is -2.67. The van der Waals surface area contributed by atoms with Crippen molar-refractivity contribution in [2.45, 2.75) is 83.2 Å². The highest BCUT2D eigenvalue weighted by Crippen LogP contribution is 2.41. The Bertz CT molecular complexity index is 983. The zero-order valence-corrected chi connectivity index (χ0v) is 20.8. The van der Waals surface area contributed by atoms with Gasteiger partial charge in [0.25, 0.3) is 0 Å². The summed E-state index contributed by atoms with van der Waals surface area (Å²) in [7, 11) is 0. The van der Waals surface area contributed by atoms with Crippen molar-refractivity contribution in [3.63, 3.8) is 0 Å². The number of benzene rings is 1. The van der Waals surface area contributed by atoms with E-state index in [-0.39, 0.29) is 58.9 Å². The molecular formula is C25H33ClFN5O3. The van der Waals surface area contributed by atoms with Crippen LogP contribution in [0.25, 0.3) is 0 Å². The van der Waals surface area contributed by atoms with E-state index in [1.54, 1.807) is 15.9 Å². The molecule has 35 heavy (non-hydrogen) atoms. The fourth-order valence-corrected chi connectivity index (χ4v) is 6.40. The Kier molecular flexibility index (Phi) is 6.90. The zero-order valence-electron chi connectivity index (χ0n) is 20.0. The SMILES string of the molecule is CCCN1C(=O)C2CCC(C(=O)NC3CCCC3)CC2N2C(=O)N(Cc3c(F)cccc3Cl)NC12. The second-order valence-corrected chi connectivity index (χ2v) is 10.6. The highest BCUT2D eigenvalue weighted by molar-refractivity contribution is 6.31. The first-order chi connectivity index (χ1) is 16.9. The fourth-order valence-electron chi connectivity index (χ4n) is 6.18. The van der Waals surface area contributed by atoms with Crippen molar-refractivity contribution in [1.82, 2.24) is 25.6 Å². The third-order valence-corrected chi connectivity index (χ3v) is 8.32. The Morgan fingerprint density at radius 3 is 2.69 bits per heavy atom. The van der Waals surface area contributed by atoms with Crippen LogP contribution in [0.1, 0.15) is 63.9 Å². The van der Waals surface area contributed by atoms with Crippen LogP contribution in [0.5, 0.6) is 0 Å². The molecule has 0 bridgehead atoms. The van der Waals surface area contributed by atoms with Crippen molar-refractivity contribution in [3.8, 4) is 0 Å². The van der Waals surface area contributed by atoms with Gasteiger partial charge in [-0.3, -0.25) is 19.5 Å². The number of hydrazine groups is 1. The Morgan fingerprint density at radius 1 is 1.20 bits per heavy atom. The lowest BCUT2D eigenvalue weighted by Gasteiger charge is -2.49. The molecule has 2 aliphatic carbocycles. The minimum absolute atomic E-state index is 0.0128. The summed E-state index contributed by atoms with van der Waals surface area (Å²) in [5, 5.41) is 4.77. The largest absolute Gasteiger partial charge is 0.353 e. The number of amides is 4. The van der Waals surface area contributed by atoms with Gasteiger partial charge in [0.15, 0.2) is 6.29 Å². The first-order valence-corrected chi connectivity index (χ1v) is 13.2. The second kappa shape index (κ2) is 9.93. The molecule has 2 saturated heterocycles. The van der Waals surface area contributed by atoms with Gasteiger partial charge in [-0.1, -0.05) is 37.4 Å². The molecule has 1 aromatic carbocycles. The molecule has 2 heterocycles. The van der Waals surface area contributed by atoms with Crippen LogP contribution in [0.2, 0.25) is 5.02 Å². The quantitative estimate of drug-likeness (QED) is 0.618. The van der Waals surface area contributed by atoms with Gasteiger partial charge in [0.2, 0.25) is 11.8 Å². The number of carbonyl (C=O) groups is 3. The summed E-state index contributed by atoms with van der Waals surface area (Å²) < 4.78 is 14.5. The molecule has 0 spiro atoms. The summed E-state index contributed by atoms with van der Waals surface area (Å²) in [6.45, 7) is 2.43. The van der Waals surface area contributed by atoms with Crippen LogP contribution in [0.4, 0.5) is 9.18 Å². The summed E-state index contributed by atoms with van der Waals surface area (Å²) in [5.74, 6) is -1.01. The van der Waals surface area contributed by atoms with Gasteiger partial charge in [0.1, 0.15) is 5.82 Å². The van der Waals surface area contributed by atoms with E-state index in [4.69, 9.17) is 11.6 Å². The van der Waals surface area contributed by atoms with Gasteiger partial charge in [0.05, 0.1) is 12.5 Å². The number of halogens is 2. The predicted octanol–water partition coefficient (Wildman–Crippen LogP) is 3.60. The lowest BCUT2D eigenvalue weighted by atomic mass is 9.75. The van der Waals surface area contributed by atoms with E-state index in [2.05, 4.69) is 10.7 Å². The van der Waals surface area contributed by atoms with Crippen LogP contribution >= 0.6 is 11.6 Å². The van der Waals surface area contributed by atoms with Crippen molar-refractivity contribution in [2.24, 2.45) is 11.8 Å². The van der Waals surface area contributed by atoms with E-state index in [0.29, 0.717) is 25.8 Å². The fraction of sp³-hybridized carbons (Fsp3) is 0.640. The molecule has 8 nitrogen and oxygen atoms in total. The Labute approximate surface area is 210 Å². The maximum Gasteiger partial charge on any atom is 0.337 e. The van der Waals surface area contributed by atoms with E-state index in [1.165, 1.54) is 17.1 Å². The molecule has 10 heteroatoms. The van der Waals surface area contributed by atoms with Gasteiger partial charge in [-0.05, 0) is 50.7 Å². The van der Waals surface area contributed by atoms with E-state index >= 15 is 0 Å². The summed E-state index contributed by atoms with van der Waals surface area (Å²) in [6, 6.07) is 3.95. The van der Waals surface area contributed by atoms with Gasteiger partial charge in [0, 0.05) is 35.1 Å². The van der Waals surface area contributed by atoms with Crippen molar-refractivity contribution >= 4 is 29.4 Å². The van der Waals surface area contributed by atoms with Crippen LogP contribution in [0.3, 0.4) is 0 Å². The zero-order chi connectivity index (χ0) is 24.7. The Balaban J connectivity index is 1.38. The van der Waals surface area contributed by atoms with Crippen molar-refractivity contribution in [2.75, 3.05) is 6.54 Å². The molecule has 4 unspecified atom stereocenters. The predicted molar refractivity (Wildman–Crippen MR) is 128 cm³/mol. The number of hydrogen-bond acceptors (Lipinski definition) is 4. The molecular weight excluding hydrogens is 473 g/mol. The number of carbonyl (C=O) groups excluding carboxylic acids is 3. The van der Waals surface area contributed by atoms with Gasteiger partial charge < -0.3 is 10.2 Å². The lowest BCUT2D eigenvalue weighted by molar-refractivity contribution is -0.158. The summed E-state index contributed by atoms with van der Waals surface area (Å²) in [5.41, 5.74) is 3.36. The number of urea groups is 1. The van der Waals surface area contributed by atoms with Crippen LogP contribution in [0, 0.1) is 17.7 Å². The van der Waals surface area contributed by atoms with Crippen LogP contribution in [-0.4, -0.2) is 57.6 Å². The molecule has 1 aromatic rings. The normalized spacial score (nSPS) is 28.9. The molecule has 4 aliphatic rings. The van der Waals surface area contributed by atoms with E-state index in [1.807, 2.05) is 6.92 Å². The average Bonchev–Trinajstić information content (AvgIpc) is 3.46. The summed E-state index contributed by atoms with van der Waals surface area (Å²) in [6.07, 6.45) is 6.06. The smallest absolute Gasteiger partial charge is 0.337 e. The topological polar surface area (TPSA) is 85.0 Å². The van der Waals surface area contributed by atoms with Gasteiger partial charge in [-0.15, -0.1) is 0 Å². The highest BCUT2D eigenvalue weighted by atomic mass is 35.5. The molecule has 0 aromatic heterocycles. The van der Waals surface area contributed by atoms with E-state index in [0.717, 1.165) is 32.1 Å². The molecule has 2 N–H and O–H groups in total. The Hall–Kier alpha value is -2.39. The second-order valence-electron chi connectivity index (χ2n) is 10.2. The minimum atomic E-state index is -0.654. The molecule has 0 radical (unpaired) electrons. The summed E-state index contributed by atoms with van der Waals surface area (Å²) in [4.78, 5) is 43.5. The first-order valence-electron chi connectivity index (χ1n) is 12.8. The molecule has 4 amide bonds. The van der Waals surface area contributed by atoms with Gasteiger partial charge in [-0.25, -0.2) is 9.18 Å². The molecule has 190 valence electrons. The van der Waals surface area contributed by atoms with Crippen LogP contribution in [0.15, 0.2) is 18.2 Å². The Morgan fingerprint density at radius 2 is 1.97 bits per heavy atom. The van der Waals surface area contributed by atoms with Crippen molar-refractivity contribution < 1.29 is 18.8 Å². The standard InChI is InChI=1S/C25H33ClFN5O3/c1-2-12-30-23(34)17-11-10-15(22(33)28-16-6-3-4-7-16)13-21(17)32-24(30)29-31(25(32)35)14-18-19(26)8-5-9-20(18)27/h5,8-9,15-17,21,24,29H,2-4,6-7,10-14H2,1H3,(H,28,33). The maximum absolute atomic E-state index is 14.5. The maximum atomic E-state index is 14.5. The van der Waals surface area contributed by atoms with Crippen LogP contribution < -0.4 is 10.7 Å². The molecule has 4 fully saturated rings. The van der Waals surface area contributed by atoms with E-state index < -0.39 is 12.1 Å². The highest BCUT2D eigenvalue weighted by Gasteiger charge is 2.56. The molecule has 2 saturated carbocycles. The van der Waals surface area contributed by atoms with E-state index in [9.17, 15) is 18.8 Å². The third-order valence-electron chi connectivity index (χ3n) is 7.97. The van der Waals surface area contributed by atoms with Crippen molar-refractivity contribution in [1.29, 1.82) is 0 Å². The third kappa shape index (κ3) is 4.48. The van der Waals surface area contributed by atoms with Gasteiger partial charge in [-0.2, -0.15) is 5.43 Å². The molecule has 4 atom stereocenters. The number of nitrogens with one attached hydrogen (secondary N) is 2. The average molecular weight is 506 g/mol. The van der Waals surface area contributed by atoms with Crippen LogP contribution in [-0.2, 0) is 16.1 Å². The molecule has 5 rings (SSSR count). The summed E-state index contributed by atoms with van der Waals surface area (Å²) >= 11 is 6.22. The van der Waals surface area contributed by atoms with Gasteiger partial charge >= 0.3 is 6.03 Å².